The number of nitrogens with one attached hydrogen (secondary N) is 1. The van der Waals surface area contributed by atoms with Crippen molar-refractivity contribution >= 4 is 19.7 Å². The van der Waals surface area contributed by atoms with Crippen LogP contribution in [-0.2, 0) is 27.9 Å². The summed E-state index contributed by atoms with van der Waals surface area (Å²) in [6.07, 6.45) is 55.9. The number of aliphatic hydroxyl groups is 1. The second-order valence-corrected chi connectivity index (χ2v) is 20.0. The van der Waals surface area contributed by atoms with Gasteiger partial charge in [-0.25, -0.2) is 4.57 Å². The second kappa shape index (κ2) is 50.2. The van der Waals surface area contributed by atoms with Gasteiger partial charge in [-0.2, -0.15) is 0 Å². The molecule has 0 saturated heterocycles. The zero-order valence-corrected chi connectivity index (χ0v) is 42.4. The van der Waals surface area contributed by atoms with Gasteiger partial charge in [0.05, 0.1) is 13.2 Å². The van der Waals surface area contributed by atoms with Gasteiger partial charge in [-0.05, 0) is 38.5 Å². The Labute approximate surface area is 389 Å². The zero-order valence-electron chi connectivity index (χ0n) is 41.6. The molecule has 0 radical (unpaired) electrons. The van der Waals surface area contributed by atoms with Crippen LogP contribution in [0.4, 0.5) is 0 Å². The number of unbranched alkanes of at least 4 members (excludes halogenated alkanes) is 37. The number of carbonyl (C=O) groups is 2. The Hall–Kier alpha value is -1.25. The maximum atomic E-state index is 12.2. The Morgan fingerprint density at radius 1 is 0.476 bits per heavy atom. The Kier molecular flexibility index (Phi) is 49.2. The van der Waals surface area contributed by atoms with Gasteiger partial charge in [-0.3, -0.25) is 18.6 Å². The summed E-state index contributed by atoms with van der Waals surface area (Å²) in [7, 11) is -4.42. The number of phosphoric acid groups is 1. The first kappa shape index (κ1) is 61.8. The first-order valence-electron chi connectivity index (χ1n) is 27.2. The summed E-state index contributed by atoms with van der Waals surface area (Å²) in [6, 6.07) is 0. The van der Waals surface area contributed by atoms with Crippen molar-refractivity contribution in [3.8, 4) is 0 Å². The maximum Gasteiger partial charge on any atom is 0.472 e. The molecule has 0 aromatic heterocycles. The molecule has 0 heterocycles. The number of esters is 1. The van der Waals surface area contributed by atoms with Crippen molar-refractivity contribution in [1.29, 1.82) is 0 Å². The quantitative estimate of drug-likeness (QED) is 0.0238. The lowest BCUT2D eigenvalue weighted by molar-refractivity contribution is -0.147. The molecule has 2 atom stereocenters. The molecule has 1 amide bonds. The minimum absolute atomic E-state index is 0.0873. The summed E-state index contributed by atoms with van der Waals surface area (Å²) in [5.41, 5.74) is 0. The van der Waals surface area contributed by atoms with E-state index in [0.29, 0.717) is 6.42 Å². The van der Waals surface area contributed by atoms with Crippen LogP contribution in [0.3, 0.4) is 0 Å². The van der Waals surface area contributed by atoms with E-state index in [0.717, 1.165) is 38.5 Å². The van der Waals surface area contributed by atoms with Crippen molar-refractivity contribution in [2.45, 2.75) is 290 Å². The Bertz CT molecular complexity index is 1040. The molecule has 3 N–H and O–H groups in total. The standard InChI is InChI=1S/C53H104NO8P/c1-3-5-7-9-11-13-15-17-19-21-23-25-27-29-31-33-35-37-39-41-43-45-52(56)54-47-48-61-63(58,59)62-50-51(55)49-60-53(57)46-44-42-40-38-36-34-32-30-28-26-24-22-20-18-16-14-12-10-8-6-4-2/h18,20,51,55H,3-17,19,21-50H2,1-2H3,(H,54,56)(H,58,59)/b20-18+. The normalized spacial score (nSPS) is 13.1. The highest BCUT2D eigenvalue weighted by Gasteiger charge is 2.23. The van der Waals surface area contributed by atoms with E-state index in [2.05, 4.69) is 31.3 Å². The summed E-state index contributed by atoms with van der Waals surface area (Å²) in [6.45, 7) is 3.62. The van der Waals surface area contributed by atoms with E-state index in [-0.39, 0.29) is 32.1 Å². The highest BCUT2D eigenvalue weighted by atomic mass is 31.2. The van der Waals surface area contributed by atoms with Gasteiger partial charge in [0, 0.05) is 19.4 Å². The van der Waals surface area contributed by atoms with E-state index in [1.807, 2.05) is 0 Å². The number of hydrogen-bond acceptors (Lipinski definition) is 7. The van der Waals surface area contributed by atoms with E-state index in [9.17, 15) is 24.2 Å². The number of carbonyl (C=O) groups excluding carboxylic acids is 2. The predicted molar refractivity (Wildman–Crippen MR) is 266 cm³/mol. The highest BCUT2D eigenvalue weighted by molar-refractivity contribution is 7.47. The fourth-order valence-corrected chi connectivity index (χ4v) is 8.84. The van der Waals surface area contributed by atoms with Crippen molar-refractivity contribution < 1.29 is 37.9 Å². The van der Waals surface area contributed by atoms with Crippen molar-refractivity contribution in [3.05, 3.63) is 12.2 Å². The van der Waals surface area contributed by atoms with Gasteiger partial charge >= 0.3 is 13.8 Å². The fraction of sp³-hybridized carbons (Fsp3) is 0.925. The average Bonchev–Trinajstić information content (AvgIpc) is 3.27. The molecule has 2 unspecified atom stereocenters. The van der Waals surface area contributed by atoms with Gasteiger partial charge in [0.2, 0.25) is 5.91 Å². The number of aliphatic hydroxyl groups excluding tert-OH is 1. The summed E-state index contributed by atoms with van der Waals surface area (Å²) in [5.74, 6) is -0.501. The molecular weight excluding hydrogens is 810 g/mol. The van der Waals surface area contributed by atoms with Crippen molar-refractivity contribution in [2.75, 3.05) is 26.4 Å². The van der Waals surface area contributed by atoms with Crippen LogP contribution in [-0.4, -0.2) is 54.3 Å². The highest BCUT2D eigenvalue weighted by Crippen LogP contribution is 2.42. The molecule has 9 nitrogen and oxygen atoms in total. The molecule has 0 spiro atoms. The first-order valence-corrected chi connectivity index (χ1v) is 28.7. The topological polar surface area (TPSA) is 131 Å². The third kappa shape index (κ3) is 51.6. The third-order valence-electron chi connectivity index (χ3n) is 12.2. The van der Waals surface area contributed by atoms with Gasteiger partial charge in [-0.15, -0.1) is 0 Å². The molecule has 0 aliphatic carbocycles. The summed E-state index contributed by atoms with van der Waals surface area (Å²) in [5, 5.41) is 12.8. The molecule has 0 saturated carbocycles. The van der Waals surface area contributed by atoms with Crippen LogP contribution in [0.15, 0.2) is 12.2 Å². The van der Waals surface area contributed by atoms with E-state index >= 15 is 0 Å². The first-order chi connectivity index (χ1) is 30.8. The number of rotatable bonds is 52. The Morgan fingerprint density at radius 2 is 0.810 bits per heavy atom. The SMILES string of the molecule is CCCCCCCC/C=C/CCCCCCCCCCCCCC(=O)OCC(O)COP(=O)(O)OCCNC(=O)CCCCCCCCCCCCCCCCCCCCCCC. The molecule has 0 fully saturated rings. The van der Waals surface area contributed by atoms with Crippen LogP contribution in [0.1, 0.15) is 284 Å². The fourth-order valence-electron chi connectivity index (χ4n) is 8.09. The van der Waals surface area contributed by atoms with Crippen LogP contribution < -0.4 is 5.32 Å². The largest absolute Gasteiger partial charge is 0.472 e. The van der Waals surface area contributed by atoms with Crippen LogP contribution >= 0.6 is 7.82 Å². The molecule has 0 aliphatic heterocycles. The lowest BCUT2D eigenvalue weighted by Gasteiger charge is -2.15. The minimum atomic E-state index is -4.42. The molecule has 63 heavy (non-hydrogen) atoms. The summed E-state index contributed by atoms with van der Waals surface area (Å²) in [4.78, 5) is 34.1. The van der Waals surface area contributed by atoms with Crippen LogP contribution in [0, 0.1) is 0 Å². The van der Waals surface area contributed by atoms with Crippen molar-refractivity contribution in [1.82, 2.24) is 5.32 Å². The van der Waals surface area contributed by atoms with Crippen LogP contribution in [0.2, 0.25) is 0 Å². The minimum Gasteiger partial charge on any atom is -0.463 e. The third-order valence-corrected chi connectivity index (χ3v) is 13.2. The molecule has 10 heteroatoms. The number of allylic oxidation sites excluding steroid dienone is 2. The number of hydrogen-bond donors (Lipinski definition) is 3. The summed E-state index contributed by atoms with van der Waals surface area (Å²) >= 11 is 0. The summed E-state index contributed by atoms with van der Waals surface area (Å²) < 4.78 is 27.0. The van der Waals surface area contributed by atoms with Gasteiger partial charge in [0.25, 0.3) is 0 Å². The van der Waals surface area contributed by atoms with E-state index in [1.165, 1.54) is 218 Å². The van der Waals surface area contributed by atoms with E-state index < -0.39 is 26.5 Å². The number of phosphoric ester groups is 1. The van der Waals surface area contributed by atoms with Gasteiger partial charge in [0.15, 0.2) is 0 Å². The van der Waals surface area contributed by atoms with Crippen molar-refractivity contribution in [2.24, 2.45) is 0 Å². The average molecular weight is 914 g/mol. The predicted octanol–water partition coefficient (Wildman–Crippen LogP) is 16.1. The van der Waals surface area contributed by atoms with Gasteiger partial charge in [0.1, 0.15) is 12.7 Å². The molecule has 0 aliphatic rings. The van der Waals surface area contributed by atoms with Crippen molar-refractivity contribution in [3.63, 3.8) is 0 Å². The van der Waals surface area contributed by atoms with Crippen LogP contribution in [0.5, 0.6) is 0 Å². The van der Waals surface area contributed by atoms with Gasteiger partial charge < -0.3 is 20.1 Å². The molecule has 0 rings (SSSR count). The number of ether oxygens (including phenoxy) is 1. The molecule has 0 bridgehead atoms. The van der Waals surface area contributed by atoms with E-state index in [1.54, 1.807) is 0 Å². The van der Waals surface area contributed by atoms with E-state index in [4.69, 9.17) is 13.8 Å². The number of amides is 1. The molecule has 374 valence electrons. The maximum absolute atomic E-state index is 12.2. The second-order valence-electron chi connectivity index (χ2n) is 18.6. The smallest absolute Gasteiger partial charge is 0.463 e. The van der Waals surface area contributed by atoms with Crippen LogP contribution in [0.25, 0.3) is 0 Å². The molecule has 0 aromatic carbocycles. The monoisotopic (exact) mass is 914 g/mol. The molecule has 0 aromatic rings. The lowest BCUT2D eigenvalue weighted by Crippen LogP contribution is -2.27. The van der Waals surface area contributed by atoms with Gasteiger partial charge in [-0.1, -0.05) is 244 Å². The lowest BCUT2D eigenvalue weighted by atomic mass is 10.0. The zero-order chi connectivity index (χ0) is 46.0. The Balaban J connectivity index is 3.50. The molecular formula is C53H104NO8P. The Morgan fingerprint density at radius 3 is 1.19 bits per heavy atom.